The third-order valence-electron chi connectivity index (χ3n) is 3.47. The number of halogens is 1. The molecular weight excluding hydrogens is 248 g/mol. The van der Waals surface area contributed by atoms with Crippen LogP contribution in [0.25, 0.3) is 0 Å². The van der Waals surface area contributed by atoms with Crippen molar-refractivity contribution in [1.82, 2.24) is 5.32 Å². The van der Waals surface area contributed by atoms with Crippen LogP contribution in [0, 0.1) is 5.92 Å². The van der Waals surface area contributed by atoms with Crippen molar-refractivity contribution >= 4 is 18.3 Å². The molecule has 0 aliphatic heterocycles. The third kappa shape index (κ3) is 3.72. The fourth-order valence-electron chi connectivity index (χ4n) is 2.07. The van der Waals surface area contributed by atoms with Crippen molar-refractivity contribution in [1.29, 1.82) is 0 Å². The lowest BCUT2D eigenvalue weighted by Crippen LogP contribution is -2.43. The van der Waals surface area contributed by atoms with Gasteiger partial charge in [-0.2, -0.15) is 0 Å². The first-order valence-corrected chi connectivity index (χ1v) is 6.27. The molecule has 0 spiro atoms. The highest BCUT2D eigenvalue weighted by atomic mass is 35.5. The molecule has 1 aromatic carbocycles. The van der Waals surface area contributed by atoms with Crippen molar-refractivity contribution in [3.63, 3.8) is 0 Å². The fraction of sp³-hybridized carbons (Fsp3) is 0.500. The Balaban J connectivity index is 0.00000162. The van der Waals surface area contributed by atoms with Crippen LogP contribution >= 0.6 is 12.4 Å². The normalized spacial score (nSPS) is 17.4. The number of hydrogen-bond acceptors (Lipinski definition) is 2. The minimum Gasteiger partial charge on any atom is -0.351 e. The summed E-state index contributed by atoms with van der Waals surface area (Å²) in [6.45, 7) is 2.48. The van der Waals surface area contributed by atoms with E-state index in [1.807, 2.05) is 37.3 Å². The summed E-state index contributed by atoms with van der Waals surface area (Å²) in [6, 6.07) is 10.0. The monoisotopic (exact) mass is 268 g/mol. The smallest absolute Gasteiger partial charge is 0.227 e. The van der Waals surface area contributed by atoms with E-state index in [4.69, 9.17) is 5.73 Å². The summed E-state index contributed by atoms with van der Waals surface area (Å²) in [5.74, 6) is 0.578. The van der Waals surface area contributed by atoms with Gasteiger partial charge in [0.2, 0.25) is 5.91 Å². The van der Waals surface area contributed by atoms with E-state index in [0.29, 0.717) is 12.5 Å². The number of carbonyl (C=O) groups is 1. The van der Waals surface area contributed by atoms with E-state index in [9.17, 15) is 4.79 Å². The second-order valence-electron chi connectivity index (χ2n) is 4.82. The van der Waals surface area contributed by atoms with Crippen molar-refractivity contribution in [3.8, 4) is 0 Å². The Labute approximate surface area is 115 Å². The fourth-order valence-corrected chi connectivity index (χ4v) is 2.07. The number of rotatable bonds is 5. The molecule has 0 bridgehead atoms. The molecular formula is C14H21ClN2O. The highest BCUT2D eigenvalue weighted by molar-refractivity contribution is 5.85. The zero-order valence-electron chi connectivity index (χ0n) is 10.6. The Morgan fingerprint density at radius 3 is 2.50 bits per heavy atom. The number of nitrogens with one attached hydrogen (secondary N) is 1. The van der Waals surface area contributed by atoms with E-state index in [1.165, 1.54) is 12.8 Å². The summed E-state index contributed by atoms with van der Waals surface area (Å²) < 4.78 is 0. The van der Waals surface area contributed by atoms with Gasteiger partial charge < -0.3 is 11.1 Å². The number of amides is 1. The van der Waals surface area contributed by atoms with Gasteiger partial charge in [-0.15, -0.1) is 12.4 Å². The molecule has 0 radical (unpaired) electrons. The van der Waals surface area contributed by atoms with E-state index < -0.39 is 0 Å². The van der Waals surface area contributed by atoms with Crippen LogP contribution in [-0.2, 0) is 4.79 Å². The number of carbonyl (C=O) groups excluding carboxylic acids is 1. The van der Waals surface area contributed by atoms with Gasteiger partial charge in [-0.05, 0) is 31.2 Å². The second kappa shape index (κ2) is 6.76. The predicted octanol–water partition coefficient (Wildman–Crippen LogP) is 2.07. The van der Waals surface area contributed by atoms with Crippen LogP contribution in [0.1, 0.15) is 31.2 Å². The average molecular weight is 269 g/mol. The van der Waals surface area contributed by atoms with Gasteiger partial charge in [0.1, 0.15) is 0 Å². The van der Waals surface area contributed by atoms with E-state index in [0.717, 1.165) is 5.56 Å². The molecule has 0 heterocycles. The van der Waals surface area contributed by atoms with Crippen LogP contribution in [0.3, 0.4) is 0 Å². The number of benzene rings is 1. The topological polar surface area (TPSA) is 55.1 Å². The number of nitrogens with two attached hydrogens (primary N) is 1. The van der Waals surface area contributed by atoms with Gasteiger partial charge in [-0.1, -0.05) is 30.3 Å². The first kappa shape index (κ1) is 15.0. The standard InChI is InChI=1S/C14H20N2O.ClH/c1-10(11-5-3-2-4-6-11)14(17)16-13(9-15)12-7-8-12;/h2-6,10,12-13H,7-9,15H2,1H3,(H,16,17);1H. The highest BCUT2D eigenvalue weighted by Gasteiger charge is 2.32. The van der Waals surface area contributed by atoms with Gasteiger partial charge in [0.15, 0.2) is 0 Å². The van der Waals surface area contributed by atoms with Crippen molar-refractivity contribution < 1.29 is 4.79 Å². The lowest BCUT2D eigenvalue weighted by Gasteiger charge is -2.19. The molecule has 2 rings (SSSR count). The summed E-state index contributed by atoms with van der Waals surface area (Å²) in [7, 11) is 0. The van der Waals surface area contributed by atoms with Crippen molar-refractivity contribution in [2.75, 3.05) is 6.54 Å². The summed E-state index contributed by atoms with van der Waals surface area (Å²) in [6.07, 6.45) is 2.39. The van der Waals surface area contributed by atoms with Gasteiger partial charge in [-0.25, -0.2) is 0 Å². The summed E-state index contributed by atoms with van der Waals surface area (Å²) in [4.78, 5) is 12.1. The molecule has 2 atom stereocenters. The lowest BCUT2D eigenvalue weighted by atomic mass is 10.00. The third-order valence-corrected chi connectivity index (χ3v) is 3.47. The van der Waals surface area contributed by atoms with Crippen molar-refractivity contribution in [2.45, 2.75) is 31.7 Å². The lowest BCUT2D eigenvalue weighted by molar-refractivity contribution is -0.123. The Bertz CT molecular complexity index is 379. The van der Waals surface area contributed by atoms with Gasteiger partial charge >= 0.3 is 0 Å². The molecule has 1 aliphatic rings. The molecule has 2 unspecified atom stereocenters. The van der Waals surface area contributed by atoms with Gasteiger partial charge in [0, 0.05) is 12.6 Å². The summed E-state index contributed by atoms with van der Waals surface area (Å²) in [5.41, 5.74) is 6.74. The zero-order chi connectivity index (χ0) is 12.3. The Hall–Kier alpha value is -1.06. The van der Waals surface area contributed by atoms with Gasteiger partial charge in [-0.3, -0.25) is 4.79 Å². The summed E-state index contributed by atoms with van der Waals surface area (Å²) >= 11 is 0. The van der Waals surface area contributed by atoms with Crippen LogP contribution in [0.2, 0.25) is 0 Å². The van der Waals surface area contributed by atoms with Crippen molar-refractivity contribution in [2.24, 2.45) is 11.7 Å². The largest absolute Gasteiger partial charge is 0.351 e. The maximum absolute atomic E-state index is 12.1. The van der Waals surface area contributed by atoms with E-state index in [2.05, 4.69) is 5.32 Å². The average Bonchev–Trinajstić information content (AvgIpc) is 3.20. The molecule has 4 heteroatoms. The Kier molecular flexibility index (Phi) is 5.63. The number of hydrogen-bond donors (Lipinski definition) is 2. The molecule has 1 fully saturated rings. The van der Waals surface area contributed by atoms with Crippen LogP contribution in [0.4, 0.5) is 0 Å². The van der Waals surface area contributed by atoms with Crippen molar-refractivity contribution in [3.05, 3.63) is 35.9 Å². The van der Waals surface area contributed by atoms with Crippen LogP contribution < -0.4 is 11.1 Å². The zero-order valence-corrected chi connectivity index (χ0v) is 11.5. The predicted molar refractivity (Wildman–Crippen MR) is 75.8 cm³/mol. The molecule has 3 nitrogen and oxygen atoms in total. The minimum absolute atomic E-state index is 0. The molecule has 1 saturated carbocycles. The first-order chi connectivity index (χ1) is 8.22. The second-order valence-corrected chi connectivity index (χ2v) is 4.82. The molecule has 18 heavy (non-hydrogen) atoms. The molecule has 1 amide bonds. The van der Waals surface area contributed by atoms with Crippen LogP contribution in [0.15, 0.2) is 30.3 Å². The SMILES string of the molecule is CC(C(=O)NC(CN)C1CC1)c1ccccc1.Cl. The summed E-state index contributed by atoms with van der Waals surface area (Å²) in [5, 5.41) is 3.06. The quantitative estimate of drug-likeness (QED) is 0.859. The van der Waals surface area contributed by atoms with Gasteiger partial charge in [0.05, 0.1) is 5.92 Å². The minimum atomic E-state index is -0.107. The van der Waals surface area contributed by atoms with E-state index >= 15 is 0 Å². The van der Waals surface area contributed by atoms with Crippen LogP contribution in [-0.4, -0.2) is 18.5 Å². The molecule has 0 saturated heterocycles. The highest BCUT2D eigenvalue weighted by Crippen LogP contribution is 2.32. The molecule has 1 aromatic rings. The van der Waals surface area contributed by atoms with E-state index in [1.54, 1.807) is 0 Å². The van der Waals surface area contributed by atoms with Crippen LogP contribution in [0.5, 0.6) is 0 Å². The first-order valence-electron chi connectivity index (χ1n) is 6.27. The molecule has 3 N–H and O–H groups in total. The molecule has 0 aromatic heterocycles. The Morgan fingerprint density at radius 1 is 1.39 bits per heavy atom. The molecule has 100 valence electrons. The maximum atomic E-state index is 12.1. The maximum Gasteiger partial charge on any atom is 0.227 e. The Morgan fingerprint density at radius 2 is 2.00 bits per heavy atom. The van der Waals surface area contributed by atoms with E-state index in [-0.39, 0.29) is 30.3 Å². The molecule has 1 aliphatic carbocycles. The van der Waals surface area contributed by atoms with Gasteiger partial charge in [0.25, 0.3) is 0 Å².